The highest BCUT2D eigenvalue weighted by atomic mass is 19.3. The first kappa shape index (κ1) is 12.0. The molecule has 0 heterocycles. The molecule has 4 heteroatoms. The zero-order valence-corrected chi connectivity index (χ0v) is 8.51. The standard InChI is InChI=1S/C11H14F3N/c1-8(11(13,14)6-7-15)9-2-4-10(12)5-3-9/h2-5,8H,6-7,15H2,1H3. The molecule has 0 amide bonds. The van der Waals surface area contributed by atoms with Gasteiger partial charge in [0, 0.05) is 12.3 Å². The van der Waals surface area contributed by atoms with Crippen molar-refractivity contribution in [2.75, 3.05) is 6.54 Å². The van der Waals surface area contributed by atoms with Gasteiger partial charge in [0.1, 0.15) is 5.82 Å². The monoisotopic (exact) mass is 217 g/mol. The zero-order chi connectivity index (χ0) is 11.5. The van der Waals surface area contributed by atoms with Crippen molar-refractivity contribution in [1.82, 2.24) is 0 Å². The number of nitrogens with two attached hydrogens (primary N) is 1. The Morgan fingerprint density at radius 1 is 1.27 bits per heavy atom. The van der Waals surface area contributed by atoms with Crippen LogP contribution in [0, 0.1) is 5.82 Å². The summed E-state index contributed by atoms with van der Waals surface area (Å²) in [7, 11) is 0. The van der Waals surface area contributed by atoms with E-state index in [1.165, 1.54) is 31.2 Å². The lowest BCUT2D eigenvalue weighted by molar-refractivity contribution is -0.0280. The van der Waals surface area contributed by atoms with Crippen LogP contribution in [0.25, 0.3) is 0 Å². The number of halogens is 3. The summed E-state index contributed by atoms with van der Waals surface area (Å²) in [6.07, 6.45) is -0.356. The lowest BCUT2D eigenvalue weighted by Crippen LogP contribution is -2.27. The molecule has 84 valence electrons. The first-order valence-corrected chi connectivity index (χ1v) is 4.80. The van der Waals surface area contributed by atoms with Gasteiger partial charge in [-0.25, -0.2) is 13.2 Å². The normalized spacial score (nSPS) is 13.9. The molecule has 15 heavy (non-hydrogen) atoms. The zero-order valence-electron chi connectivity index (χ0n) is 8.51. The quantitative estimate of drug-likeness (QED) is 0.824. The summed E-state index contributed by atoms with van der Waals surface area (Å²) in [5.74, 6) is -4.21. The predicted octanol–water partition coefficient (Wildman–Crippen LogP) is 2.91. The molecule has 0 saturated heterocycles. The molecule has 2 N–H and O–H groups in total. The summed E-state index contributed by atoms with van der Waals surface area (Å²) < 4.78 is 39.4. The number of hydrogen-bond acceptors (Lipinski definition) is 1. The molecule has 1 rings (SSSR count). The molecular formula is C11H14F3N. The van der Waals surface area contributed by atoms with Crippen LogP contribution in [-0.2, 0) is 0 Å². The molecule has 1 atom stereocenters. The third-order valence-corrected chi connectivity index (χ3v) is 2.48. The Hall–Kier alpha value is -1.03. The van der Waals surface area contributed by atoms with E-state index in [1.807, 2.05) is 0 Å². The van der Waals surface area contributed by atoms with Crippen LogP contribution in [0.1, 0.15) is 24.8 Å². The van der Waals surface area contributed by atoms with Gasteiger partial charge < -0.3 is 5.73 Å². The van der Waals surface area contributed by atoms with E-state index in [1.54, 1.807) is 0 Å². The fourth-order valence-corrected chi connectivity index (χ4v) is 1.40. The van der Waals surface area contributed by atoms with E-state index in [-0.39, 0.29) is 13.0 Å². The van der Waals surface area contributed by atoms with Crippen LogP contribution >= 0.6 is 0 Å². The summed E-state index contributed by atoms with van der Waals surface area (Å²) in [6.45, 7) is 1.36. The maximum absolute atomic E-state index is 13.4. The van der Waals surface area contributed by atoms with Crippen LogP contribution in [0.2, 0.25) is 0 Å². The maximum atomic E-state index is 13.4. The Morgan fingerprint density at radius 3 is 2.27 bits per heavy atom. The summed E-state index contributed by atoms with van der Waals surface area (Å²) in [5.41, 5.74) is 5.54. The second kappa shape index (κ2) is 4.66. The Balaban J connectivity index is 2.84. The van der Waals surface area contributed by atoms with Crippen molar-refractivity contribution in [2.45, 2.75) is 25.2 Å². The Kier molecular flexibility index (Phi) is 3.74. The van der Waals surface area contributed by atoms with Gasteiger partial charge in [0.15, 0.2) is 0 Å². The Bertz CT molecular complexity index is 308. The van der Waals surface area contributed by atoms with Gasteiger partial charge in [0.05, 0.1) is 0 Å². The number of hydrogen-bond donors (Lipinski definition) is 1. The largest absolute Gasteiger partial charge is 0.330 e. The molecule has 1 aromatic rings. The number of benzene rings is 1. The molecule has 0 aliphatic heterocycles. The van der Waals surface area contributed by atoms with Gasteiger partial charge in [-0.1, -0.05) is 19.1 Å². The number of rotatable bonds is 4. The van der Waals surface area contributed by atoms with Crippen LogP contribution in [0.15, 0.2) is 24.3 Å². The highest BCUT2D eigenvalue weighted by Gasteiger charge is 2.36. The minimum Gasteiger partial charge on any atom is -0.330 e. The highest BCUT2D eigenvalue weighted by molar-refractivity contribution is 5.21. The van der Waals surface area contributed by atoms with Gasteiger partial charge in [-0.2, -0.15) is 0 Å². The topological polar surface area (TPSA) is 26.0 Å². The fourth-order valence-electron chi connectivity index (χ4n) is 1.40. The maximum Gasteiger partial charge on any atom is 0.255 e. The predicted molar refractivity (Wildman–Crippen MR) is 53.4 cm³/mol. The van der Waals surface area contributed by atoms with Crippen molar-refractivity contribution >= 4 is 0 Å². The van der Waals surface area contributed by atoms with Crippen LogP contribution in [0.4, 0.5) is 13.2 Å². The van der Waals surface area contributed by atoms with E-state index in [0.717, 1.165) is 0 Å². The lowest BCUT2D eigenvalue weighted by Gasteiger charge is -2.23. The van der Waals surface area contributed by atoms with Crippen molar-refractivity contribution < 1.29 is 13.2 Å². The first-order valence-electron chi connectivity index (χ1n) is 4.80. The summed E-state index contributed by atoms with van der Waals surface area (Å²) in [6, 6.07) is 5.13. The van der Waals surface area contributed by atoms with Crippen molar-refractivity contribution in [3.05, 3.63) is 35.6 Å². The summed E-state index contributed by atoms with van der Waals surface area (Å²) in [5, 5.41) is 0. The van der Waals surface area contributed by atoms with Crippen LogP contribution in [-0.4, -0.2) is 12.5 Å². The highest BCUT2D eigenvalue weighted by Crippen LogP contribution is 2.35. The van der Waals surface area contributed by atoms with Gasteiger partial charge in [-0.15, -0.1) is 0 Å². The van der Waals surface area contributed by atoms with Gasteiger partial charge in [0.2, 0.25) is 0 Å². The number of alkyl halides is 2. The molecule has 1 unspecified atom stereocenters. The summed E-state index contributed by atoms with van der Waals surface area (Å²) >= 11 is 0. The Labute approximate surface area is 87.1 Å². The first-order chi connectivity index (χ1) is 6.97. The smallest absolute Gasteiger partial charge is 0.255 e. The second-order valence-electron chi connectivity index (χ2n) is 3.57. The van der Waals surface area contributed by atoms with Crippen molar-refractivity contribution in [3.8, 4) is 0 Å². The van der Waals surface area contributed by atoms with E-state index in [9.17, 15) is 13.2 Å². The minimum absolute atomic E-state index is 0.0570. The van der Waals surface area contributed by atoms with E-state index >= 15 is 0 Å². The second-order valence-corrected chi connectivity index (χ2v) is 3.57. The average Bonchev–Trinajstić information content (AvgIpc) is 2.18. The molecule has 0 aromatic heterocycles. The molecule has 0 radical (unpaired) electrons. The van der Waals surface area contributed by atoms with Crippen molar-refractivity contribution in [2.24, 2.45) is 5.73 Å². The van der Waals surface area contributed by atoms with E-state index < -0.39 is 17.7 Å². The average molecular weight is 217 g/mol. The Morgan fingerprint density at radius 2 is 1.80 bits per heavy atom. The van der Waals surface area contributed by atoms with Gasteiger partial charge in [-0.05, 0) is 24.2 Å². The molecule has 0 saturated carbocycles. The molecule has 1 aromatic carbocycles. The molecule has 0 bridgehead atoms. The van der Waals surface area contributed by atoms with E-state index in [4.69, 9.17) is 5.73 Å². The third-order valence-electron chi connectivity index (χ3n) is 2.48. The fraction of sp³-hybridized carbons (Fsp3) is 0.455. The van der Waals surface area contributed by atoms with Gasteiger partial charge in [0.25, 0.3) is 5.92 Å². The molecule has 1 nitrogen and oxygen atoms in total. The minimum atomic E-state index is -2.84. The molecular weight excluding hydrogens is 203 g/mol. The van der Waals surface area contributed by atoms with Crippen LogP contribution in [0.5, 0.6) is 0 Å². The van der Waals surface area contributed by atoms with E-state index in [0.29, 0.717) is 5.56 Å². The van der Waals surface area contributed by atoms with E-state index in [2.05, 4.69) is 0 Å². The van der Waals surface area contributed by atoms with Crippen LogP contribution < -0.4 is 5.73 Å². The van der Waals surface area contributed by atoms with Crippen LogP contribution in [0.3, 0.4) is 0 Å². The van der Waals surface area contributed by atoms with Crippen molar-refractivity contribution in [1.29, 1.82) is 0 Å². The third kappa shape index (κ3) is 2.96. The summed E-state index contributed by atoms with van der Waals surface area (Å²) in [4.78, 5) is 0. The van der Waals surface area contributed by atoms with Crippen molar-refractivity contribution in [3.63, 3.8) is 0 Å². The SMILES string of the molecule is CC(c1ccc(F)cc1)C(F)(F)CCN. The molecule has 0 fully saturated rings. The van der Waals surface area contributed by atoms with Gasteiger partial charge in [-0.3, -0.25) is 0 Å². The van der Waals surface area contributed by atoms with Gasteiger partial charge >= 0.3 is 0 Å². The molecule has 0 aliphatic carbocycles. The molecule has 0 spiro atoms. The lowest BCUT2D eigenvalue weighted by atomic mass is 9.92. The molecule has 0 aliphatic rings.